The van der Waals surface area contributed by atoms with Crippen LogP contribution in [-0.4, -0.2) is 14.2 Å². The molecule has 0 heterocycles. The van der Waals surface area contributed by atoms with Gasteiger partial charge in [0, 0.05) is 3.57 Å². The van der Waals surface area contributed by atoms with E-state index in [9.17, 15) is 5.26 Å². The van der Waals surface area contributed by atoms with Crippen LogP contribution >= 0.6 is 45.2 Å². The second-order valence-electron chi connectivity index (χ2n) is 4.41. The van der Waals surface area contributed by atoms with Gasteiger partial charge in [-0.25, -0.2) is 0 Å². The van der Waals surface area contributed by atoms with E-state index >= 15 is 0 Å². The molecule has 0 unspecified atom stereocenters. The first-order chi connectivity index (χ1) is 10.6. The van der Waals surface area contributed by atoms with Crippen LogP contribution in [0.5, 0.6) is 11.5 Å². The van der Waals surface area contributed by atoms with E-state index in [1.54, 1.807) is 14.2 Å². The number of ether oxygens (including phenoxy) is 2. The fraction of sp³-hybridized carbons (Fsp3) is 0.118. The molecule has 2 aromatic rings. The minimum absolute atomic E-state index is 0.611. The summed E-state index contributed by atoms with van der Waals surface area (Å²) in [5.41, 5.74) is 2.41. The lowest BCUT2D eigenvalue weighted by molar-refractivity contribution is 0.353. The fourth-order valence-corrected chi connectivity index (χ4v) is 3.20. The molecule has 0 radical (unpaired) electrons. The summed E-state index contributed by atoms with van der Waals surface area (Å²) >= 11 is 4.44. The van der Waals surface area contributed by atoms with Crippen LogP contribution in [0.1, 0.15) is 11.1 Å². The van der Waals surface area contributed by atoms with Crippen LogP contribution in [0, 0.1) is 18.5 Å². The molecule has 0 saturated heterocycles. The van der Waals surface area contributed by atoms with Gasteiger partial charge in [0.15, 0.2) is 11.5 Å². The Balaban J connectivity index is 2.48. The number of hydrogen-bond donors (Lipinski definition) is 0. The average molecular weight is 517 g/mol. The Morgan fingerprint density at radius 1 is 1.09 bits per heavy atom. The molecule has 0 N–H and O–H groups in total. The van der Waals surface area contributed by atoms with E-state index < -0.39 is 0 Å². The van der Waals surface area contributed by atoms with E-state index in [0.29, 0.717) is 17.1 Å². The molecule has 0 aliphatic carbocycles. The summed E-state index contributed by atoms with van der Waals surface area (Å²) in [5.74, 6) is 1.36. The molecule has 0 atom stereocenters. The molecule has 0 saturated carbocycles. The van der Waals surface area contributed by atoms with Gasteiger partial charge < -0.3 is 9.47 Å². The van der Waals surface area contributed by atoms with E-state index in [2.05, 4.69) is 51.3 Å². The molecule has 0 aromatic heterocycles. The van der Waals surface area contributed by atoms with Gasteiger partial charge in [0.25, 0.3) is 0 Å². The van der Waals surface area contributed by atoms with Crippen LogP contribution in [0.15, 0.2) is 36.4 Å². The minimum atomic E-state index is 0.611. The SMILES string of the molecule is COc1cc(/C=C(/C#N)c2ccc(I)cc2)cc(I)c1OC. The van der Waals surface area contributed by atoms with Crippen molar-refractivity contribution >= 4 is 56.8 Å². The number of hydrogen-bond acceptors (Lipinski definition) is 3. The maximum Gasteiger partial charge on any atom is 0.174 e. The number of benzene rings is 2. The molecule has 3 nitrogen and oxygen atoms in total. The largest absolute Gasteiger partial charge is 0.493 e. The summed E-state index contributed by atoms with van der Waals surface area (Å²) in [7, 11) is 3.22. The van der Waals surface area contributed by atoms with E-state index in [4.69, 9.17) is 9.47 Å². The predicted molar refractivity (Wildman–Crippen MR) is 105 cm³/mol. The quantitative estimate of drug-likeness (QED) is 0.327. The van der Waals surface area contributed by atoms with Crippen LogP contribution in [0.4, 0.5) is 0 Å². The Labute approximate surface area is 157 Å². The third kappa shape index (κ3) is 3.93. The number of methoxy groups -OCH3 is 2. The molecule has 0 bridgehead atoms. The average Bonchev–Trinajstić information content (AvgIpc) is 2.53. The van der Waals surface area contributed by atoms with Gasteiger partial charge in [0.1, 0.15) is 0 Å². The predicted octanol–water partition coefficient (Wildman–Crippen LogP) is 4.98. The van der Waals surface area contributed by atoms with Gasteiger partial charge in [-0.05, 0) is 86.7 Å². The Bertz CT molecular complexity index is 746. The highest BCUT2D eigenvalue weighted by atomic mass is 127. The summed E-state index contributed by atoms with van der Waals surface area (Å²) in [6.07, 6.45) is 1.85. The van der Waals surface area contributed by atoms with E-state index in [-0.39, 0.29) is 0 Å². The Morgan fingerprint density at radius 2 is 1.77 bits per heavy atom. The number of rotatable bonds is 4. The van der Waals surface area contributed by atoms with Gasteiger partial charge in [-0.2, -0.15) is 5.26 Å². The second-order valence-corrected chi connectivity index (χ2v) is 6.82. The molecule has 0 aliphatic rings. The third-order valence-electron chi connectivity index (χ3n) is 3.04. The van der Waals surface area contributed by atoms with Crippen LogP contribution in [0.3, 0.4) is 0 Å². The summed E-state index contributed by atoms with van der Waals surface area (Å²) in [4.78, 5) is 0. The molecule has 112 valence electrons. The van der Waals surface area contributed by atoms with Crippen LogP contribution in [0.2, 0.25) is 0 Å². The zero-order valence-electron chi connectivity index (χ0n) is 12.1. The summed E-state index contributed by atoms with van der Waals surface area (Å²) in [6, 6.07) is 14.0. The first kappa shape index (κ1) is 17.1. The topological polar surface area (TPSA) is 42.2 Å². The Morgan fingerprint density at radius 3 is 2.32 bits per heavy atom. The van der Waals surface area contributed by atoms with E-state index in [0.717, 1.165) is 18.3 Å². The molecule has 0 spiro atoms. The first-order valence-corrected chi connectivity index (χ1v) is 8.54. The lowest BCUT2D eigenvalue weighted by Gasteiger charge is -2.10. The van der Waals surface area contributed by atoms with Gasteiger partial charge in [0.05, 0.1) is 29.4 Å². The van der Waals surface area contributed by atoms with Gasteiger partial charge in [-0.15, -0.1) is 0 Å². The highest BCUT2D eigenvalue weighted by Crippen LogP contribution is 2.34. The first-order valence-electron chi connectivity index (χ1n) is 6.38. The fourth-order valence-electron chi connectivity index (χ4n) is 2.00. The molecular weight excluding hydrogens is 504 g/mol. The minimum Gasteiger partial charge on any atom is -0.493 e. The highest BCUT2D eigenvalue weighted by Gasteiger charge is 2.10. The molecule has 22 heavy (non-hydrogen) atoms. The van der Waals surface area contributed by atoms with Crippen molar-refractivity contribution in [3.8, 4) is 17.6 Å². The van der Waals surface area contributed by atoms with Crippen molar-refractivity contribution in [1.82, 2.24) is 0 Å². The van der Waals surface area contributed by atoms with Gasteiger partial charge in [-0.3, -0.25) is 0 Å². The maximum absolute atomic E-state index is 9.43. The van der Waals surface area contributed by atoms with Crippen LogP contribution < -0.4 is 9.47 Å². The van der Waals surface area contributed by atoms with Gasteiger partial charge in [-0.1, -0.05) is 12.1 Å². The van der Waals surface area contributed by atoms with Crippen LogP contribution in [-0.2, 0) is 0 Å². The van der Waals surface area contributed by atoms with Crippen molar-refractivity contribution in [2.24, 2.45) is 0 Å². The molecule has 0 amide bonds. The standard InChI is InChI=1S/C17H13I2NO2/c1-21-16-9-11(8-15(19)17(16)22-2)7-13(10-20)12-3-5-14(18)6-4-12/h3-9H,1-2H3/b13-7-. The lowest BCUT2D eigenvalue weighted by atomic mass is 10.0. The molecule has 0 fully saturated rings. The van der Waals surface area contributed by atoms with Crippen molar-refractivity contribution in [2.45, 2.75) is 0 Å². The second kappa shape index (κ2) is 7.83. The maximum atomic E-state index is 9.43. The zero-order chi connectivity index (χ0) is 16.1. The van der Waals surface area contributed by atoms with Crippen molar-refractivity contribution < 1.29 is 9.47 Å². The molecule has 2 rings (SSSR count). The number of halogens is 2. The number of nitrogens with zero attached hydrogens (tertiary/aromatic N) is 1. The molecular formula is C17H13I2NO2. The highest BCUT2D eigenvalue weighted by molar-refractivity contribution is 14.1. The molecule has 5 heteroatoms. The zero-order valence-corrected chi connectivity index (χ0v) is 16.4. The van der Waals surface area contributed by atoms with Crippen LogP contribution in [0.25, 0.3) is 11.6 Å². The summed E-state index contributed by atoms with van der Waals surface area (Å²) in [6.45, 7) is 0. The van der Waals surface area contributed by atoms with Crippen molar-refractivity contribution in [3.05, 3.63) is 54.7 Å². The monoisotopic (exact) mass is 517 g/mol. The number of allylic oxidation sites excluding steroid dienone is 1. The summed E-state index contributed by atoms with van der Waals surface area (Å²) < 4.78 is 12.8. The van der Waals surface area contributed by atoms with Crippen molar-refractivity contribution in [2.75, 3.05) is 14.2 Å². The van der Waals surface area contributed by atoms with Gasteiger partial charge >= 0.3 is 0 Å². The number of nitriles is 1. The van der Waals surface area contributed by atoms with Crippen molar-refractivity contribution in [3.63, 3.8) is 0 Å². The normalized spacial score (nSPS) is 11.0. The Kier molecular flexibility index (Phi) is 6.08. The van der Waals surface area contributed by atoms with E-state index in [1.807, 2.05) is 42.5 Å². The lowest BCUT2D eigenvalue weighted by Crippen LogP contribution is -1.94. The van der Waals surface area contributed by atoms with Crippen molar-refractivity contribution in [1.29, 1.82) is 5.26 Å². The molecule has 0 aliphatic heterocycles. The summed E-state index contributed by atoms with van der Waals surface area (Å²) in [5, 5.41) is 9.43. The van der Waals surface area contributed by atoms with Gasteiger partial charge in [0.2, 0.25) is 0 Å². The molecule has 2 aromatic carbocycles. The Hall–Kier alpha value is -1.27. The third-order valence-corrected chi connectivity index (χ3v) is 4.56. The smallest absolute Gasteiger partial charge is 0.174 e. The van der Waals surface area contributed by atoms with E-state index in [1.165, 1.54) is 0 Å².